The molecule has 0 bridgehead atoms. The quantitative estimate of drug-likeness (QED) is 0.542. The Kier molecular flexibility index (Phi) is 7.77. The first kappa shape index (κ1) is 24.5. The van der Waals surface area contributed by atoms with E-state index in [9.17, 15) is 14.0 Å². The van der Waals surface area contributed by atoms with Crippen LogP contribution in [0.25, 0.3) is 0 Å². The molecule has 182 valence electrons. The van der Waals surface area contributed by atoms with E-state index in [0.717, 1.165) is 45.2 Å². The fourth-order valence-electron chi connectivity index (χ4n) is 4.97. The van der Waals surface area contributed by atoms with E-state index >= 15 is 0 Å². The molecule has 2 aliphatic heterocycles. The van der Waals surface area contributed by atoms with E-state index in [1.807, 2.05) is 17.0 Å². The van der Waals surface area contributed by atoms with Gasteiger partial charge in [0.15, 0.2) is 0 Å². The second-order valence-corrected chi connectivity index (χ2v) is 10.1. The summed E-state index contributed by atoms with van der Waals surface area (Å²) >= 11 is 6.12. The summed E-state index contributed by atoms with van der Waals surface area (Å²) in [6.07, 6.45) is 5.07. The standard InChI is InChI=1S/C27H32ClFN2O3/c1-20-9-10-21(15-24(20)29)26(33)31-14-6-11-27(18-31,17-25(32)30-12-3-2-4-13-30)19-34-23-8-5-7-22(28)16-23/h5,7-10,15-16H,2-4,6,11-14,17-19H2,1H3/t27-/m1/s1. The molecule has 2 aromatic carbocycles. The number of hydrogen-bond acceptors (Lipinski definition) is 3. The van der Waals surface area contributed by atoms with Gasteiger partial charge in [-0.1, -0.05) is 23.7 Å². The molecule has 2 aliphatic rings. The third kappa shape index (κ3) is 5.90. The van der Waals surface area contributed by atoms with Crippen LogP contribution in [0.5, 0.6) is 5.75 Å². The predicted octanol–water partition coefficient (Wildman–Crippen LogP) is 5.49. The van der Waals surface area contributed by atoms with Crippen molar-refractivity contribution in [2.75, 3.05) is 32.8 Å². The van der Waals surface area contributed by atoms with Crippen molar-refractivity contribution in [3.05, 3.63) is 64.4 Å². The molecule has 5 nitrogen and oxygen atoms in total. The molecule has 0 saturated carbocycles. The zero-order valence-corrected chi connectivity index (χ0v) is 20.5. The number of benzene rings is 2. The molecule has 0 aliphatic carbocycles. The number of ether oxygens (including phenoxy) is 1. The first-order valence-corrected chi connectivity index (χ1v) is 12.4. The number of rotatable bonds is 6. The summed E-state index contributed by atoms with van der Waals surface area (Å²) in [6.45, 7) is 4.52. The summed E-state index contributed by atoms with van der Waals surface area (Å²) in [5, 5.41) is 0.581. The maximum absolute atomic E-state index is 14.1. The topological polar surface area (TPSA) is 49.9 Å². The second kappa shape index (κ2) is 10.8. The lowest BCUT2D eigenvalue weighted by molar-refractivity contribution is -0.136. The summed E-state index contributed by atoms with van der Waals surface area (Å²) in [5.41, 5.74) is 0.317. The van der Waals surface area contributed by atoms with Gasteiger partial charge in [-0.05, 0) is 74.9 Å². The normalized spacial score (nSPS) is 20.8. The van der Waals surface area contributed by atoms with Crippen LogP contribution in [-0.4, -0.2) is 54.4 Å². The van der Waals surface area contributed by atoms with E-state index in [4.69, 9.17) is 16.3 Å². The summed E-state index contributed by atoms with van der Waals surface area (Å²) in [4.78, 5) is 30.2. The maximum atomic E-state index is 14.1. The van der Waals surface area contributed by atoms with Gasteiger partial charge in [-0.15, -0.1) is 0 Å². The molecule has 2 saturated heterocycles. The lowest BCUT2D eigenvalue weighted by Crippen LogP contribution is -2.51. The fraction of sp³-hybridized carbons (Fsp3) is 0.481. The summed E-state index contributed by atoms with van der Waals surface area (Å²) in [6, 6.07) is 11.8. The molecular formula is C27H32ClFN2O3. The number of piperidine rings is 2. The van der Waals surface area contributed by atoms with Crippen molar-refractivity contribution in [1.29, 1.82) is 0 Å². The number of carbonyl (C=O) groups excluding carboxylic acids is 2. The molecule has 0 spiro atoms. The number of likely N-dealkylation sites (tertiary alicyclic amines) is 2. The predicted molar refractivity (Wildman–Crippen MR) is 131 cm³/mol. The van der Waals surface area contributed by atoms with Gasteiger partial charge in [0.25, 0.3) is 5.91 Å². The zero-order valence-electron chi connectivity index (χ0n) is 19.7. The van der Waals surface area contributed by atoms with E-state index in [0.29, 0.717) is 48.0 Å². The minimum atomic E-state index is -0.520. The van der Waals surface area contributed by atoms with Crippen molar-refractivity contribution in [2.45, 2.75) is 45.4 Å². The summed E-state index contributed by atoms with van der Waals surface area (Å²) in [5.74, 6) is 0.154. The van der Waals surface area contributed by atoms with Crippen LogP contribution in [0, 0.1) is 18.2 Å². The molecule has 0 unspecified atom stereocenters. The first-order chi connectivity index (χ1) is 16.3. The smallest absolute Gasteiger partial charge is 0.253 e. The van der Waals surface area contributed by atoms with Crippen molar-refractivity contribution in [3.63, 3.8) is 0 Å². The Bertz CT molecular complexity index is 1040. The van der Waals surface area contributed by atoms with Gasteiger partial charge in [0, 0.05) is 48.6 Å². The van der Waals surface area contributed by atoms with Gasteiger partial charge in [-0.3, -0.25) is 9.59 Å². The minimum absolute atomic E-state index is 0.116. The average molecular weight is 487 g/mol. The zero-order chi connectivity index (χ0) is 24.1. The minimum Gasteiger partial charge on any atom is -0.493 e. The molecule has 2 amide bonds. The highest BCUT2D eigenvalue weighted by molar-refractivity contribution is 6.30. The Labute approximate surface area is 205 Å². The Morgan fingerprint density at radius 3 is 2.53 bits per heavy atom. The van der Waals surface area contributed by atoms with Gasteiger partial charge in [-0.25, -0.2) is 4.39 Å². The molecule has 0 aromatic heterocycles. The van der Waals surface area contributed by atoms with Gasteiger partial charge < -0.3 is 14.5 Å². The molecule has 2 heterocycles. The fourth-order valence-corrected chi connectivity index (χ4v) is 5.15. The van der Waals surface area contributed by atoms with E-state index in [-0.39, 0.29) is 11.8 Å². The van der Waals surface area contributed by atoms with Gasteiger partial charge >= 0.3 is 0 Å². The Morgan fingerprint density at radius 2 is 1.79 bits per heavy atom. The van der Waals surface area contributed by atoms with E-state index < -0.39 is 11.2 Å². The molecule has 0 N–H and O–H groups in total. The highest BCUT2D eigenvalue weighted by atomic mass is 35.5. The molecule has 0 radical (unpaired) electrons. The molecule has 34 heavy (non-hydrogen) atoms. The van der Waals surface area contributed by atoms with Crippen LogP contribution in [0.15, 0.2) is 42.5 Å². The van der Waals surface area contributed by atoms with Crippen LogP contribution in [0.3, 0.4) is 0 Å². The lowest BCUT2D eigenvalue weighted by Gasteiger charge is -2.43. The maximum Gasteiger partial charge on any atom is 0.253 e. The molecule has 2 fully saturated rings. The van der Waals surface area contributed by atoms with Crippen molar-refractivity contribution in [3.8, 4) is 5.75 Å². The average Bonchev–Trinajstić information content (AvgIpc) is 2.85. The number of carbonyl (C=O) groups is 2. The van der Waals surface area contributed by atoms with E-state index in [1.165, 1.54) is 6.07 Å². The first-order valence-electron chi connectivity index (χ1n) is 12.1. The second-order valence-electron chi connectivity index (χ2n) is 9.66. The van der Waals surface area contributed by atoms with Crippen molar-refractivity contribution < 1.29 is 18.7 Å². The van der Waals surface area contributed by atoms with Crippen molar-refractivity contribution in [1.82, 2.24) is 9.80 Å². The molecular weight excluding hydrogens is 455 g/mol. The van der Waals surface area contributed by atoms with Gasteiger partial charge in [-0.2, -0.15) is 0 Å². The van der Waals surface area contributed by atoms with E-state index in [2.05, 4.69) is 0 Å². The highest BCUT2D eigenvalue weighted by Crippen LogP contribution is 2.36. The van der Waals surface area contributed by atoms with Crippen LogP contribution >= 0.6 is 11.6 Å². The lowest BCUT2D eigenvalue weighted by atomic mass is 9.77. The third-order valence-corrected chi connectivity index (χ3v) is 7.18. The van der Waals surface area contributed by atoms with Gasteiger partial charge in [0.2, 0.25) is 5.91 Å². The number of amides is 2. The SMILES string of the molecule is Cc1ccc(C(=O)N2CCC[C@@](COc3cccc(Cl)c3)(CC(=O)N3CCCCC3)C2)cc1F. The van der Waals surface area contributed by atoms with Crippen molar-refractivity contribution in [2.24, 2.45) is 5.41 Å². The number of aryl methyl sites for hydroxylation is 1. The van der Waals surface area contributed by atoms with Crippen LogP contribution in [0.1, 0.15) is 54.4 Å². The summed E-state index contributed by atoms with van der Waals surface area (Å²) in [7, 11) is 0. The van der Waals surface area contributed by atoms with Gasteiger partial charge in [0.1, 0.15) is 11.6 Å². The Balaban J connectivity index is 1.54. The Morgan fingerprint density at radius 1 is 1.03 bits per heavy atom. The van der Waals surface area contributed by atoms with Crippen LogP contribution in [-0.2, 0) is 4.79 Å². The van der Waals surface area contributed by atoms with Crippen LogP contribution < -0.4 is 4.74 Å². The molecule has 7 heteroatoms. The molecule has 1 atom stereocenters. The van der Waals surface area contributed by atoms with Crippen molar-refractivity contribution >= 4 is 23.4 Å². The largest absolute Gasteiger partial charge is 0.493 e. The number of nitrogens with zero attached hydrogens (tertiary/aromatic N) is 2. The number of hydrogen-bond donors (Lipinski definition) is 0. The van der Waals surface area contributed by atoms with Gasteiger partial charge in [0.05, 0.1) is 6.61 Å². The monoisotopic (exact) mass is 486 g/mol. The van der Waals surface area contributed by atoms with Crippen LogP contribution in [0.2, 0.25) is 5.02 Å². The molecule has 4 rings (SSSR count). The van der Waals surface area contributed by atoms with Crippen LogP contribution in [0.4, 0.5) is 4.39 Å². The highest BCUT2D eigenvalue weighted by Gasteiger charge is 2.41. The number of halogens is 2. The summed E-state index contributed by atoms with van der Waals surface area (Å²) < 4.78 is 20.3. The Hall–Kier alpha value is -2.60. The van der Waals surface area contributed by atoms with E-state index in [1.54, 1.807) is 36.1 Å². The molecule has 2 aromatic rings. The third-order valence-electron chi connectivity index (χ3n) is 6.94.